The van der Waals surface area contributed by atoms with Crippen LogP contribution in [0.1, 0.15) is 21.5 Å². The van der Waals surface area contributed by atoms with Crippen molar-refractivity contribution < 1.29 is 14.7 Å². The summed E-state index contributed by atoms with van der Waals surface area (Å²) in [6, 6.07) is 15.0. The summed E-state index contributed by atoms with van der Waals surface area (Å²) in [5.41, 5.74) is 7.28. The van der Waals surface area contributed by atoms with Gasteiger partial charge in [0.05, 0.1) is 0 Å². The van der Waals surface area contributed by atoms with E-state index in [1.165, 1.54) is 0 Å². The zero-order chi connectivity index (χ0) is 15.7. The summed E-state index contributed by atoms with van der Waals surface area (Å²) in [5, 5.41) is 12.0. The first-order chi connectivity index (χ1) is 10.5. The van der Waals surface area contributed by atoms with Crippen LogP contribution in [0.25, 0.3) is 0 Å². The fourth-order valence-electron chi connectivity index (χ4n) is 2.74. The van der Waals surface area contributed by atoms with Crippen LogP contribution >= 0.6 is 0 Å². The Kier molecular flexibility index (Phi) is 3.30. The van der Waals surface area contributed by atoms with Crippen LogP contribution in [0.3, 0.4) is 0 Å². The summed E-state index contributed by atoms with van der Waals surface area (Å²) in [7, 11) is 0. The Morgan fingerprint density at radius 2 is 1.77 bits per heavy atom. The second-order valence-corrected chi connectivity index (χ2v) is 5.14. The van der Waals surface area contributed by atoms with Gasteiger partial charge in [0.2, 0.25) is 0 Å². The summed E-state index contributed by atoms with van der Waals surface area (Å²) in [5.74, 6) is -0.493. The third-order valence-electron chi connectivity index (χ3n) is 3.68. The molecule has 1 unspecified atom stereocenters. The van der Waals surface area contributed by atoms with Gasteiger partial charge in [0.25, 0.3) is 5.91 Å². The summed E-state index contributed by atoms with van der Waals surface area (Å²) in [6.07, 6.45) is 0.136. The lowest BCUT2D eigenvalue weighted by Gasteiger charge is -2.33. The molecule has 0 aromatic heterocycles. The van der Waals surface area contributed by atoms with Crippen LogP contribution in [0.4, 0.5) is 4.79 Å². The molecule has 6 nitrogen and oxygen atoms in total. The lowest BCUT2D eigenvalue weighted by atomic mass is 9.95. The molecule has 2 aromatic rings. The first kappa shape index (κ1) is 14.1. The molecule has 2 aromatic carbocycles. The Labute approximate surface area is 127 Å². The van der Waals surface area contributed by atoms with Gasteiger partial charge in [0, 0.05) is 17.5 Å². The van der Waals surface area contributed by atoms with Gasteiger partial charge in [-0.2, -0.15) is 0 Å². The van der Waals surface area contributed by atoms with E-state index in [0.717, 1.165) is 10.6 Å². The summed E-state index contributed by atoms with van der Waals surface area (Å²) < 4.78 is 0. The molecule has 1 aliphatic heterocycles. The van der Waals surface area contributed by atoms with Gasteiger partial charge in [-0.25, -0.2) is 15.2 Å². The molecule has 22 heavy (non-hydrogen) atoms. The Bertz CT molecular complexity index is 732. The topological polar surface area (TPSA) is 95.7 Å². The number of hydrogen-bond acceptors (Lipinski definition) is 3. The van der Waals surface area contributed by atoms with Gasteiger partial charge < -0.3 is 10.8 Å². The smallest absolute Gasteiger partial charge is 0.331 e. The van der Waals surface area contributed by atoms with E-state index < -0.39 is 17.7 Å². The second-order valence-electron chi connectivity index (χ2n) is 5.14. The molecule has 0 saturated carbocycles. The Morgan fingerprint density at radius 3 is 2.45 bits per heavy atom. The molecular formula is C16H15N3O3. The minimum Gasteiger partial charge on any atom is -0.365 e. The van der Waals surface area contributed by atoms with Crippen molar-refractivity contribution in [2.75, 3.05) is 0 Å². The normalized spacial score (nSPS) is 19.9. The fourth-order valence-corrected chi connectivity index (χ4v) is 2.74. The van der Waals surface area contributed by atoms with Crippen molar-refractivity contribution in [2.24, 2.45) is 5.73 Å². The van der Waals surface area contributed by atoms with Gasteiger partial charge in [-0.15, -0.1) is 0 Å². The molecule has 0 saturated heterocycles. The van der Waals surface area contributed by atoms with Crippen LogP contribution in [0.5, 0.6) is 0 Å². The van der Waals surface area contributed by atoms with Crippen molar-refractivity contribution in [3.05, 3.63) is 71.3 Å². The van der Waals surface area contributed by atoms with E-state index in [0.29, 0.717) is 11.1 Å². The van der Waals surface area contributed by atoms with Gasteiger partial charge in [-0.1, -0.05) is 48.5 Å². The Balaban J connectivity index is 2.07. The molecular weight excluding hydrogens is 282 g/mol. The molecule has 1 aliphatic rings. The first-order valence-corrected chi connectivity index (χ1v) is 6.79. The number of rotatable bonds is 3. The van der Waals surface area contributed by atoms with Gasteiger partial charge in [0.1, 0.15) is 0 Å². The standard InChI is InChI=1S/C16H15N3O3/c17-15(21)18-19-14(20)12-8-4-5-9-13(12)16(19,22)10-11-6-2-1-3-7-11/h1-9,22H,10H2,(H3,17,18,21). The molecule has 112 valence electrons. The van der Waals surface area contributed by atoms with Crippen LogP contribution in [0.15, 0.2) is 54.6 Å². The lowest BCUT2D eigenvalue weighted by molar-refractivity contribution is -0.0997. The second kappa shape index (κ2) is 5.16. The van der Waals surface area contributed by atoms with Crippen LogP contribution < -0.4 is 11.2 Å². The maximum atomic E-state index is 12.4. The number of nitrogens with one attached hydrogen (secondary N) is 1. The van der Waals surface area contributed by atoms with Crippen LogP contribution in [-0.4, -0.2) is 22.1 Å². The van der Waals surface area contributed by atoms with E-state index in [1.54, 1.807) is 24.3 Å². The van der Waals surface area contributed by atoms with E-state index in [2.05, 4.69) is 5.43 Å². The fraction of sp³-hybridized carbons (Fsp3) is 0.125. The molecule has 3 rings (SSSR count). The third-order valence-corrected chi connectivity index (χ3v) is 3.68. The Hall–Kier alpha value is -2.86. The maximum Gasteiger partial charge on any atom is 0.331 e. The van der Waals surface area contributed by atoms with Gasteiger partial charge in [-0.3, -0.25) is 4.79 Å². The number of hydrazine groups is 1. The summed E-state index contributed by atoms with van der Waals surface area (Å²) >= 11 is 0. The molecule has 0 spiro atoms. The van der Waals surface area contributed by atoms with Crippen LogP contribution in [0.2, 0.25) is 0 Å². The third kappa shape index (κ3) is 2.19. The lowest BCUT2D eigenvalue weighted by Crippen LogP contribution is -2.56. The highest BCUT2D eigenvalue weighted by molar-refractivity contribution is 6.00. The predicted octanol–water partition coefficient (Wildman–Crippen LogP) is 1.11. The van der Waals surface area contributed by atoms with E-state index >= 15 is 0 Å². The van der Waals surface area contributed by atoms with Gasteiger partial charge >= 0.3 is 6.03 Å². The average molecular weight is 297 g/mol. The number of aliphatic hydroxyl groups is 1. The number of hydrogen-bond donors (Lipinski definition) is 3. The van der Waals surface area contributed by atoms with E-state index in [-0.39, 0.29) is 6.42 Å². The summed E-state index contributed by atoms with van der Waals surface area (Å²) in [4.78, 5) is 23.6. The number of primary amides is 1. The number of amides is 3. The van der Waals surface area contributed by atoms with E-state index in [1.807, 2.05) is 30.3 Å². The van der Waals surface area contributed by atoms with Crippen molar-refractivity contribution in [3.8, 4) is 0 Å². The zero-order valence-corrected chi connectivity index (χ0v) is 11.7. The van der Waals surface area contributed by atoms with Crippen LogP contribution in [0, 0.1) is 0 Å². The molecule has 0 fully saturated rings. The molecule has 0 bridgehead atoms. The highest BCUT2D eigenvalue weighted by Gasteiger charge is 2.49. The highest BCUT2D eigenvalue weighted by atomic mass is 16.3. The number of carbonyl (C=O) groups is 2. The predicted molar refractivity (Wildman–Crippen MR) is 79.4 cm³/mol. The van der Waals surface area contributed by atoms with Crippen molar-refractivity contribution in [2.45, 2.75) is 12.1 Å². The largest absolute Gasteiger partial charge is 0.365 e. The van der Waals surface area contributed by atoms with Crippen molar-refractivity contribution in [1.82, 2.24) is 10.4 Å². The first-order valence-electron chi connectivity index (χ1n) is 6.79. The average Bonchev–Trinajstić information content (AvgIpc) is 2.71. The molecule has 1 atom stereocenters. The molecule has 1 heterocycles. The van der Waals surface area contributed by atoms with Crippen molar-refractivity contribution in [3.63, 3.8) is 0 Å². The Morgan fingerprint density at radius 1 is 1.14 bits per heavy atom. The minimum atomic E-state index is -1.68. The zero-order valence-electron chi connectivity index (χ0n) is 11.7. The number of nitrogens with zero attached hydrogens (tertiary/aromatic N) is 1. The van der Waals surface area contributed by atoms with Crippen LogP contribution in [-0.2, 0) is 12.1 Å². The maximum absolute atomic E-state index is 12.4. The van der Waals surface area contributed by atoms with Gasteiger partial charge in [0.15, 0.2) is 5.72 Å². The number of carbonyl (C=O) groups excluding carboxylic acids is 2. The SMILES string of the molecule is NC(=O)NN1C(=O)c2ccccc2C1(O)Cc1ccccc1. The summed E-state index contributed by atoms with van der Waals surface area (Å²) in [6.45, 7) is 0. The minimum absolute atomic E-state index is 0.136. The van der Waals surface area contributed by atoms with E-state index in [4.69, 9.17) is 5.73 Å². The number of urea groups is 1. The number of benzene rings is 2. The highest BCUT2D eigenvalue weighted by Crippen LogP contribution is 2.38. The molecule has 3 amide bonds. The van der Waals surface area contributed by atoms with E-state index in [9.17, 15) is 14.7 Å². The van der Waals surface area contributed by atoms with Crippen molar-refractivity contribution in [1.29, 1.82) is 0 Å². The number of nitrogens with two attached hydrogens (primary N) is 1. The van der Waals surface area contributed by atoms with Crippen molar-refractivity contribution >= 4 is 11.9 Å². The monoisotopic (exact) mass is 297 g/mol. The number of fused-ring (bicyclic) bond motifs is 1. The molecule has 0 radical (unpaired) electrons. The van der Waals surface area contributed by atoms with Gasteiger partial charge in [-0.05, 0) is 11.6 Å². The quantitative estimate of drug-likeness (QED) is 0.792. The molecule has 0 aliphatic carbocycles. The molecule has 6 heteroatoms. The molecule has 4 N–H and O–H groups in total.